The summed E-state index contributed by atoms with van der Waals surface area (Å²) in [6, 6.07) is 2.60. The highest BCUT2D eigenvalue weighted by Gasteiger charge is 2.40. The van der Waals surface area contributed by atoms with Crippen molar-refractivity contribution in [1.29, 1.82) is 0 Å². The molecule has 0 aromatic heterocycles. The third kappa shape index (κ3) is 5.68. The molecular formula is C13H18F3O7PS. The SMILES string of the molecule is CCOP(=O)(COS(=O)(=O)c1c(OC)cccc1C(F)(F)F)OCC. The van der Waals surface area contributed by atoms with Crippen LogP contribution in [0.1, 0.15) is 19.4 Å². The Bertz CT molecular complexity index is 724. The van der Waals surface area contributed by atoms with Crippen LogP contribution in [0.2, 0.25) is 0 Å². The molecule has 0 spiro atoms. The number of ether oxygens (including phenoxy) is 1. The van der Waals surface area contributed by atoms with Crippen LogP contribution in [0.15, 0.2) is 23.1 Å². The number of alkyl halides is 3. The average Bonchev–Trinajstić information content (AvgIpc) is 2.52. The highest BCUT2D eigenvalue weighted by molar-refractivity contribution is 7.87. The van der Waals surface area contributed by atoms with E-state index in [1.54, 1.807) is 0 Å². The Hall–Kier alpha value is -1.13. The molecule has 7 nitrogen and oxygen atoms in total. The number of hydrogen-bond donors (Lipinski definition) is 0. The highest BCUT2D eigenvalue weighted by atomic mass is 32.2. The van der Waals surface area contributed by atoms with Gasteiger partial charge in [0.25, 0.3) is 0 Å². The third-order valence-electron chi connectivity index (χ3n) is 2.77. The molecule has 1 aromatic carbocycles. The maximum Gasteiger partial charge on any atom is 0.417 e. The van der Waals surface area contributed by atoms with E-state index in [0.29, 0.717) is 6.07 Å². The van der Waals surface area contributed by atoms with E-state index in [4.69, 9.17) is 13.8 Å². The molecule has 0 saturated heterocycles. The second-order valence-electron chi connectivity index (χ2n) is 4.48. The van der Waals surface area contributed by atoms with E-state index in [0.717, 1.165) is 19.2 Å². The van der Waals surface area contributed by atoms with Gasteiger partial charge in [0.05, 0.1) is 25.9 Å². The van der Waals surface area contributed by atoms with Crippen LogP contribution in [0.3, 0.4) is 0 Å². The van der Waals surface area contributed by atoms with Crippen molar-refractivity contribution in [3.05, 3.63) is 23.8 Å². The fraction of sp³-hybridized carbons (Fsp3) is 0.538. The van der Waals surface area contributed by atoms with Crippen molar-refractivity contribution < 1.29 is 44.1 Å². The molecule has 144 valence electrons. The Kier molecular flexibility index (Phi) is 7.45. The first-order valence-electron chi connectivity index (χ1n) is 7.02. The van der Waals surface area contributed by atoms with Crippen molar-refractivity contribution >= 4 is 17.7 Å². The van der Waals surface area contributed by atoms with Gasteiger partial charge in [-0.05, 0) is 26.0 Å². The predicted octanol–water partition coefficient (Wildman–Crippen LogP) is 3.64. The molecule has 0 fully saturated rings. The fourth-order valence-corrected chi connectivity index (χ4v) is 4.91. The van der Waals surface area contributed by atoms with Crippen LogP contribution in [0, 0.1) is 0 Å². The van der Waals surface area contributed by atoms with Crippen molar-refractivity contribution in [1.82, 2.24) is 0 Å². The van der Waals surface area contributed by atoms with Gasteiger partial charge in [0.2, 0.25) is 0 Å². The lowest BCUT2D eigenvalue weighted by atomic mass is 10.2. The first-order chi connectivity index (χ1) is 11.5. The van der Waals surface area contributed by atoms with Crippen molar-refractivity contribution in [3.63, 3.8) is 0 Å². The van der Waals surface area contributed by atoms with Gasteiger partial charge in [-0.1, -0.05) is 6.07 Å². The smallest absolute Gasteiger partial charge is 0.417 e. The van der Waals surface area contributed by atoms with Crippen LogP contribution in [-0.4, -0.2) is 35.1 Å². The van der Waals surface area contributed by atoms with E-state index in [-0.39, 0.29) is 13.2 Å². The Morgan fingerprint density at radius 2 is 1.68 bits per heavy atom. The van der Waals surface area contributed by atoms with Gasteiger partial charge in [-0.3, -0.25) is 8.75 Å². The van der Waals surface area contributed by atoms with Gasteiger partial charge in [-0.2, -0.15) is 21.6 Å². The highest BCUT2D eigenvalue weighted by Crippen LogP contribution is 2.49. The lowest BCUT2D eigenvalue weighted by molar-refractivity contribution is -0.140. The monoisotopic (exact) mass is 406 g/mol. The Labute approximate surface area is 143 Å². The van der Waals surface area contributed by atoms with Crippen LogP contribution in [0.5, 0.6) is 5.75 Å². The molecule has 0 bridgehead atoms. The van der Waals surface area contributed by atoms with Crippen LogP contribution >= 0.6 is 7.60 Å². The predicted molar refractivity (Wildman–Crippen MR) is 82.0 cm³/mol. The van der Waals surface area contributed by atoms with Crippen molar-refractivity contribution in [2.45, 2.75) is 24.9 Å². The van der Waals surface area contributed by atoms with Crippen LogP contribution < -0.4 is 4.74 Å². The minimum absolute atomic E-state index is 0.0663. The molecule has 0 aliphatic heterocycles. The normalized spacial score (nSPS) is 13.0. The van der Waals surface area contributed by atoms with Gasteiger partial charge in [0.15, 0.2) is 6.35 Å². The summed E-state index contributed by atoms with van der Waals surface area (Å²) in [4.78, 5) is -1.20. The standard InChI is InChI=1S/C13H18F3O7PS/c1-4-21-24(17,22-5-2)9-23-25(18,19)12-10(13(14,15)16)7-6-8-11(12)20-3/h6-8H,4-5,9H2,1-3H3. The van der Waals surface area contributed by atoms with E-state index in [1.807, 2.05) is 0 Å². The Morgan fingerprint density at radius 1 is 1.12 bits per heavy atom. The first kappa shape index (κ1) is 21.9. The molecule has 0 unspecified atom stereocenters. The van der Waals surface area contributed by atoms with Crippen LogP contribution in [-0.2, 0) is 34.1 Å². The largest absolute Gasteiger partial charge is 0.495 e. The summed E-state index contributed by atoms with van der Waals surface area (Å²) in [6.07, 6.45) is -6.03. The quantitative estimate of drug-likeness (QED) is 0.457. The second kappa shape index (κ2) is 8.50. The number of benzene rings is 1. The minimum atomic E-state index is -4.97. The molecule has 0 saturated carbocycles. The molecule has 0 aliphatic rings. The topological polar surface area (TPSA) is 88.1 Å². The molecule has 12 heteroatoms. The Morgan fingerprint density at radius 3 is 2.12 bits per heavy atom. The van der Waals surface area contributed by atoms with Crippen molar-refractivity contribution in [3.8, 4) is 5.75 Å². The van der Waals surface area contributed by atoms with E-state index < -0.39 is 46.4 Å². The zero-order valence-electron chi connectivity index (χ0n) is 13.7. The molecule has 1 aromatic rings. The molecule has 0 aliphatic carbocycles. The van der Waals surface area contributed by atoms with E-state index in [2.05, 4.69) is 4.18 Å². The molecule has 0 atom stereocenters. The summed E-state index contributed by atoms with van der Waals surface area (Å²) < 4.78 is 95.2. The lowest BCUT2D eigenvalue weighted by Crippen LogP contribution is -2.17. The number of hydrogen-bond acceptors (Lipinski definition) is 7. The molecule has 25 heavy (non-hydrogen) atoms. The second-order valence-corrected chi connectivity index (χ2v) is 8.03. The number of rotatable bonds is 9. The number of methoxy groups -OCH3 is 1. The minimum Gasteiger partial charge on any atom is -0.495 e. The van der Waals surface area contributed by atoms with E-state index in [1.165, 1.54) is 13.8 Å². The van der Waals surface area contributed by atoms with Crippen molar-refractivity contribution in [2.24, 2.45) is 0 Å². The summed E-state index contributed by atoms with van der Waals surface area (Å²) in [5.74, 6) is -0.558. The average molecular weight is 406 g/mol. The van der Waals surface area contributed by atoms with Gasteiger partial charge >= 0.3 is 23.9 Å². The van der Waals surface area contributed by atoms with E-state index in [9.17, 15) is 26.2 Å². The van der Waals surface area contributed by atoms with Crippen LogP contribution in [0.4, 0.5) is 13.2 Å². The third-order valence-corrected chi connectivity index (χ3v) is 6.04. The summed E-state index contributed by atoms with van der Waals surface area (Å²) >= 11 is 0. The molecular weight excluding hydrogens is 388 g/mol. The number of halogens is 3. The summed E-state index contributed by atoms with van der Waals surface area (Å²) in [6.45, 7) is 2.84. The zero-order chi connectivity index (χ0) is 19.3. The lowest BCUT2D eigenvalue weighted by Gasteiger charge is -2.19. The summed E-state index contributed by atoms with van der Waals surface area (Å²) in [5.41, 5.74) is -1.46. The van der Waals surface area contributed by atoms with Gasteiger partial charge in [0, 0.05) is 0 Å². The Balaban J connectivity index is 3.29. The van der Waals surface area contributed by atoms with Gasteiger partial charge in [-0.25, -0.2) is 0 Å². The van der Waals surface area contributed by atoms with Gasteiger partial charge < -0.3 is 13.8 Å². The van der Waals surface area contributed by atoms with Crippen molar-refractivity contribution in [2.75, 3.05) is 26.7 Å². The molecule has 0 amide bonds. The van der Waals surface area contributed by atoms with E-state index >= 15 is 0 Å². The summed E-state index contributed by atoms with van der Waals surface area (Å²) in [7, 11) is -7.89. The molecule has 0 N–H and O–H groups in total. The summed E-state index contributed by atoms with van der Waals surface area (Å²) in [5, 5.41) is 0. The van der Waals surface area contributed by atoms with Gasteiger partial charge in [0.1, 0.15) is 10.6 Å². The maximum atomic E-state index is 13.1. The fourth-order valence-electron chi connectivity index (χ4n) is 1.86. The van der Waals surface area contributed by atoms with Crippen LogP contribution in [0.25, 0.3) is 0 Å². The molecule has 0 radical (unpaired) electrons. The zero-order valence-corrected chi connectivity index (χ0v) is 15.4. The molecule has 0 heterocycles. The maximum absolute atomic E-state index is 13.1. The first-order valence-corrected chi connectivity index (χ1v) is 10.2. The van der Waals surface area contributed by atoms with Gasteiger partial charge in [-0.15, -0.1) is 0 Å². The molecule has 1 rings (SSSR count).